The number of hydrogen-bond donors (Lipinski definition) is 0. The van der Waals surface area contributed by atoms with Gasteiger partial charge in [-0.25, -0.2) is 0 Å². The molecular formula is C22H34N2. The van der Waals surface area contributed by atoms with Crippen LogP contribution in [-0.4, -0.2) is 48.6 Å². The lowest BCUT2D eigenvalue weighted by Crippen LogP contribution is -2.49. The van der Waals surface area contributed by atoms with Crippen molar-refractivity contribution in [1.29, 1.82) is 0 Å². The maximum absolute atomic E-state index is 2.73. The fourth-order valence-electron chi connectivity index (χ4n) is 4.01. The van der Waals surface area contributed by atoms with Crippen LogP contribution in [0.15, 0.2) is 30.3 Å². The van der Waals surface area contributed by atoms with Crippen LogP contribution in [0.1, 0.15) is 57.6 Å². The molecule has 1 aliphatic heterocycles. The van der Waals surface area contributed by atoms with Crippen molar-refractivity contribution in [3.05, 3.63) is 41.5 Å². The molecule has 0 N–H and O–H groups in total. The van der Waals surface area contributed by atoms with Gasteiger partial charge < -0.3 is 0 Å². The SMILES string of the molecule is CC(C)(C)c1ccc(/C=C/CN2CCN(C3CCCC3)CC2)cc1. The van der Waals surface area contributed by atoms with Crippen LogP contribution >= 0.6 is 0 Å². The van der Waals surface area contributed by atoms with Gasteiger partial charge in [-0.2, -0.15) is 0 Å². The summed E-state index contributed by atoms with van der Waals surface area (Å²) in [5.74, 6) is 0. The minimum Gasteiger partial charge on any atom is -0.298 e. The Labute approximate surface area is 148 Å². The molecule has 0 unspecified atom stereocenters. The van der Waals surface area contributed by atoms with Gasteiger partial charge in [-0.1, -0.05) is 70.0 Å². The molecule has 1 aromatic carbocycles. The van der Waals surface area contributed by atoms with Crippen LogP contribution in [0.4, 0.5) is 0 Å². The quantitative estimate of drug-likeness (QED) is 0.800. The lowest BCUT2D eigenvalue weighted by molar-refractivity contribution is 0.105. The van der Waals surface area contributed by atoms with Crippen molar-refractivity contribution < 1.29 is 0 Å². The van der Waals surface area contributed by atoms with Crippen LogP contribution < -0.4 is 0 Å². The zero-order valence-corrected chi connectivity index (χ0v) is 15.8. The Balaban J connectivity index is 1.43. The maximum atomic E-state index is 2.73. The van der Waals surface area contributed by atoms with Crippen molar-refractivity contribution in [3.8, 4) is 0 Å². The highest BCUT2D eigenvalue weighted by molar-refractivity contribution is 5.50. The van der Waals surface area contributed by atoms with Crippen LogP contribution in [0.2, 0.25) is 0 Å². The molecule has 132 valence electrons. The lowest BCUT2D eigenvalue weighted by atomic mass is 9.87. The molecule has 1 saturated carbocycles. The molecule has 1 aromatic rings. The minimum absolute atomic E-state index is 0.237. The molecule has 0 bridgehead atoms. The Kier molecular flexibility index (Phi) is 5.78. The zero-order chi connectivity index (χ0) is 17.0. The summed E-state index contributed by atoms with van der Waals surface area (Å²) in [6, 6.07) is 9.91. The molecular weight excluding hydrogens is 292 g/mol. The van der Waals surface area contributed by atoms with E-state index in [0.29, 0.717) is 0 Å². The largest absolute Gasteiger partial charge is 0.298 e. The lowest BCUT2D eigenvalue weighted by Gasteiger charge is -2.37. The Bertz CT molecular complexity index is 524. The third kappa shape index (κ3) is 4.70. The van der Waals surface area contributed by atoms with E-state index in [1.54, 1.807) is 0 Å². The van der Waals surface area contributed by atoms with Gasteiger partial charge in [0.15, 0.2) is 0 Å². The first kappa shape index (κ1) is 17.7. The third-order valence-electron chi connectivity index (χ3n) is 5.70. The van der Waals surface area contributed by atoms with Gasteiger partial charge >= 0.3 is 0 Å². The molecule has 2 heteroatoms. The van der Waals surface area contributed by atoms with Crippen molar-refractivity contribution >= 4 is 6.08 Å². The molecule has 24 heavy (non-hydrogen) atoms. The second-order valence-electron chi connectivity index (χ2n) is 8.55. The van der Waals surface area contributed by atoms with E-state index in [9.17, 15) is 0 Å². The molecule has 1 heterocycles. The molecule has 0 aromatic heterocycles. The molecule has 3 rings (SSSR count). The summed E-state index contributed by atoms with van der Waals surface area (Å²) in [6.07, 6.45) is 10.4. The van der Waals surface area contributed by atoms with Crippen LogP contribution in [0.3, 0.4) is 0 Å². The van der Waals surface area contributed by atoms with E-state index >= 15 is 0 Å². The van der Waals surface area contributed by atoms with E-state index in [1.165, 1.54) is 63.0 Å². The summed E-state index contributed by atoms with van der Waals surface area (Å²) in [7, 11) is 0. The van der Waals surface area contributed by atoms with Crippen LogP contribution in [0.5, 0.6) is 0 Å². The molecule has 0 radical (unpaired) electrons. The van der Waals surface area contributed by atoms with Gasteiger partial charge in [-0.05, 0) is 29.4 Å². The highest BCUT2D eigenvalue weighted by Crippen LogP contribution is 2.24. The zero-order valence-electron chi connectivity index (χ0n) is 15.8. The summed E-state index contributed by atoms with van der Waals surface area (Å²) in [6.45, 7) is 12.9. The average molecular weight is 327 g/mol. The predicted octanol–water partition coefficient (Wildman–Crippen LogP) is 4.56. The van der Waals surface area contributed by atoms with Gasteiger partial charge in [0, 0.05) is 38.8 Å². The first-order chi connectivity index (χ1) is 11.5. The molecule has 0 atom stereocenters. The van der Waals surface area contributed by atoms with E-state index in [4.69, 9.17) is 0 Å². The van der Waals surface area contributed by atoms with Crippen molar-refractivity contribution in [2.45, 2.75) is 57.9 Å². The maximum Gasteiger partial charge on any atom is 0.0167 e. The predicted molar refractivity (Wildman–Crippen MR) is 104 cm³/mol. The smallest absolute Gasteiger partial charge is 0.0167 e. The fraction of sp³-hybridized carbons (Fsp3) is 0.636. The summed E-state index contributed by atoms with van der Waals surface area (Å²) >= 11 is 0. The molecule has 1 saturated heterocycles. The molecule has 2 aliphatic rings. The van der Waals surface area contributed by atoms with Crippen LogP contribution in [-0.2, 0) is 5.41 Å². The molecule has 0 spiro atoms. The van der Waals surface area contributed by atoms with E-state index in [1.807, 2.05) is 0 Å². The summed E-state index contributed by atoms with van der Waals surface area (Å²) in [5.41, 5.74) is 2.96. The van der Waals surface area contributed by atoms with E-state index < -0.39 is 0 Å². The standard InChI is InChI=1S/C22H34N2/c1-22(2,3)20-12-10-19(11-13-20)7-6-14-23-15-17-24(18-16-23)21-8-4-5-9-21/h6-7,10-13,21H,4-5,8-9,14-18H2,1-3H3/b7-6+. The number of rotatable bonds is 4. The number of hydrogen-bond acceptors (Lipinski definition) is 2. The third-order valence-corrected chi connectivity index (χ3v) is 5.70. The summed E-state index contributed by atoms with van der Waals surface area (Å²) in [5, 5.41) is 0. The normalized spacial score (nSPS) is 21.8. The molecule has 2 nitrogen and oxygen atoms in total. The topological polar surface area (TPSA) is 6.48 Å². The highest BCUT2D eigenvalue weighted by atomic mass is 15.3. The molecule has 1 aliphatic carbocycles. The summed E-state index contributed by atoms with van der Waals surface area (Å²) < 4.78 is 0. The molecule has 2 fully saturated rings. The Morgan fingerprint density at radius 2 is 1.58 bits per heavy atom. The second-order valence-corrected chi connectivity index (χ2v) is 8.55. The van der Waals surface area contributed by atoms with E-state index in [0.717, 1.165) is 12.6 Å². The number of piperazine rings is 1. The second kappa shape index (κ2) is 7.84. The molecule has 0 amide bonds. The number of benzene rings is 1. The van der Waals surface area contributed by atoms with E-state index in [2.05, 4.69) is 67.0 Å². The van der Waals surface area contributed by atoms with Crippen molar-refractivity contribution in [2.24, 2.45) is 0 Å². The first-order valence-electron chi connectivity index (χ1n) is 9.76. The Morgan fingerprint density at radius 3 is 2.17 bits per heavy atom. The first-order valence-corrected chi connectivity index (χ1v) is 9.76. The average Bonchev–Trinajstić information content (AvgIpc) is 3.10. The van der Waals surface area contributed by atoms with Crippen molar-refractivity contribution in [2.75, 3.05) is 32.7 Å². The van der Waals surface area contributed by atoms with Gasteiger partial charge in [0.1, 0.15) is 0 Å². The highest BCUT2D eigenvalue weighted by Gasteiger charge is 2.25. The summed E-state index contributed by atoms with van der Waals surface area (Å²) in [4.78, 5) is 5.32. The van der Waals surface area contributed by atoms with Crippen molar-refractivity contribution in [3.63, 3.8) is 0 Å². The van der Waals surface area contributed by atoms with Crippen molar-refractivity contribution in [1.82, 2.24) is 9.80 Å². The van der Waals surface area contributed by atoms with Gasteiger partial charge in [-0.3, -0.25) is 9.80 Å². The Morgan fingerprint density at radius 1 is 0.958 bits per heavy atom. The minimum atomic E-state index is 0.237. The van der Waals surface area contributed by atoms with E-state index in [-0.39, 0.29) is 5.41 Å². The van der Waals surface area contributed by atoms with Gasteiger partial charge in [0.25, 0.3) is 0 Å². The monoisotopic (exact) mass is 326 g/mol. The number of nitrogens with zero attached hydrogens (tertiary/aromatic N) is 2. The fourth-order valence-corrected chi connectivity index (χ4v) is 4.01. The van der Waals surface area contributed by atoms with Crippen LogP contribution in [0.25, 0.3) is 6.08 Å². The van der Waals surface area contributed by atoms with Gasteiger partial charge in [0.2, 0.25) is 0 Å². The van der Waals surface area contributed by atoms with Gasteiger partial charge in [0.05, 0.1) is 0 Å². The Hall–Kier alpha value is -1.12. The van der Waals surface area contributed by atoms with Gasteiger partial charge in [-0.15, -0.1) is 0 Å². The van der Waals surface area contributed by atoms with Crippen LogP contribution in [0, 0.1) is 0 Å².